The summed E-state index contributed by atoms with van der Waals surface area (Å²) < 4.78 is 5.16. The number of nitrogens with zero attached hydrogens (tertiary/aromatic N) is 2. The smallest absolute Gasteiger partial charge is 0.193 e. The van der Waals surface area contributed by atoms with E-state index in [1.54, 1.807) is 7.11 Å². The van der Waals surface area contributed by atoms with Crippen molar-refractivity contribution in [1.82, 2.24) is 10.2 Å². The molecule has 124 valence electrons. The summed E-state index contributed by atoms with van der Waals surface area (Å²) in [4.78, 5) is 6.46. The molecule has 0 heterocycles. The van der Waals surface area contributed by atoms with Crippen molar-refractivity contribution in [2.45, 2.75) is 26.0 Å². The second kappa shape index (κ2) is 12.5. The quantitative estimate of drug-likeness (QED) is 0.232. The molecule has 0 saturated heterocycles. The maximum atomic E-state index is 5.16. The fraction of sp³-hybridized carbons (Fsp3) is 0.471. The third kappa shape index (κ3) is 7.79. The van der Waals surface area contributed by atoms with Gasteiger partial charge in [-0.2, -0.15) is 0 Å². The first-order chi connectivity index (χ1) is 10.2. The number of hydrogen-bond donors (Lipinski definition) is 1. The number of allylic oxidation sites excluding steroid dienone is 1. The minimum Gasteiger partial charge on any atom is -0.380 e. The molecule has 0 amide bonds. The zero-order chi connectivity index (χ0) is 15.5. The van der Waals surface area contributed by atoms with Crippen LogP contribution in [0.25, 0.3) is 0 Å². The van der Waals surface area contributed by atoms with Gasteiger partial charge in [0.2, 0.25) is 0 Å². The summed E-state index contributed by atoms with van der Waals surface area (Å²) in [7, 11) is 5.58. The Morgan fingerprint density at radius 3 is 2.77 bits per heavy atom. The number of aliphatic imine (C=N–C) groups is 1. The van der Waals surface area contributed by atoms with Gasteiger partial charge in [-0.25, -0.2) is 0 Å². The largest absolute Gasteiger partial charge is 0.380 e. The Bertz CT molecular complexity index is 463. The van der Waals surface area contributed by atoms with Crippen LogP contribution in [0.1, 0.15) is 24.0 Å². The molecule has 22 heavy (non-hydrogen) atoms. The highest BCUT2D eigenvalue weighted by Gasteiger charge is 2.05. The molecule has 1 aromatic carbocycles. The molecule has 1 N–H and O–H groups in total. The van der Waals surface area contributed by atoms with Crippen molar-refractivity contribution in [3.05, 3.63) is 48.0 Å². The number of unbranched alkanes of at least 4 members (excludes halogenated alkanes) is 1. The van der Waals surface area contributed by atoms with Crippen LogP contribution in [0.2, 0.25) is 0 Å². The van der Waals surface area contributed by atoms with E-state index in [0.29, 0.717) is 6.61 Å². The normalized spacial score (nSPS) is 10.8. The maximum Gasteiger partial charge on any atom is 0.193 e. The van der Waals surface area contributed by atoms with Crippen molar-refractivity contribution in [2.75, 3.05) is 27.7 Å². The highest BCUT2D eigenvalue weighted by molar-refractivity contribution is 14.0. The molecule has 0 bridgehead atoms. The number of hydrogen-bond acceptors (Lipinski definition) is 2. The van der Waals surface area contributed by atoms with Crippen LogP contribution >= 0.6 is 24.0 Å². The van der Waals surface area contributed by atoms with Crippen LogP contribution < -0.4 is 5.32 Å². The van der Waals surface area contributed by atoms with E-state index in [1.807, 2.05) is 13.1 Å². The van der Waals surface area contributed by atoms with E-state index in [2.05, 4.69) is 53.1 Å². The van der Waals surface area contributed by atoms with Crippen molar-refractivity contribution in [3.63, 3.8) is 0 Å². The molecule has 0 radical (unpaired) electrons. The summed E-state index contributed by atoms with van der Waals surface area (Å²) in [5.74, 6) is 0.913. The van der Waals surface area contributed by atoms with E-state index in [1.165, 1.54) is 11.1 Å². The van der Waals surface area contributed by atoms with E-state index in [4.69, 9.17) is 4.74 Å². The summed E-state index contributed by atoms with van der Waals surface area (Å²) in [6.45, 7) is 6.12. The van der Waals surface area contributed by atoms with Gasteiger partial charge < -0.3 is 15.0 Å². The first-order valence-electron chi connectivity index (χ1n) is 7.30. The maximum absolute atomic E-state index is 5.16. The molecule has 0 aromatic heterocycles. The summed E-state index contributed by atoms with van der Waals surface area (Å²) in [6, 6.07) is 8.39. The average molecular weight is 417 g/mol. The zero-order valence-corrected chi connectivity index (χ0v) is 16.2. The summed E-state index contributed by atoms with van der Waals surface area (Å²) in [6.07, 6.45) is 4.07. The van der Waals surface area contributed by atoms with Crippen LogP contribution in [-0.2, 0) is 17.9 Å². The lowest BCUT2D eigenvalue weighted by molar-refractivity contribution is 0.185. The van der Waals surface area contributed by atoms with Gasteiger partial charge >= 0.3 is 0 Å². The van der Waals surface area contributed by atoms with Crippen LogP contribution in [0.5, 0.6) is 0 Å². The lowest BCUT2D eigenvalue weighted by Crippen LogP contribution is -2.38. The number of ether oxygens (including phenoxy) is 1. The second-order valence-corrected chi connectivity index (χ2v) is 5.01. The molecule has 0 spiro atoms. The van der Waals surface area contributed by atoms with Crippen LogP contribution in [-0.4, -0.2) is 38.6 Å². The topological polar surface area (TPSA) is 36.9 Å². The highest BCUT2D eigenvalue weighted by atomic mass is 127. The molecule has 0 unspecified atom stereocenters. The molecule has 4 nitrogen and oxygen atoms in total. The van der Waals surface area contributed by atoms with E-state index in [9.17, 15) is 0 Å². The van der Waals surface area contributed by atoms with Gasteiger partial charge in [0.25, 0.3) is 0 Å². The van der Waals surface area contributed by atoms with Gasteiger partial charge in [-0.1, -0.05) is 30.3 Å². The van der Waals surface area contributed by atoms with Crippen LogP contribution in [0.4, 0.5) is 0 Å². The molecule has 0 aliphatic rings. The molecule has 0 atom stereocenters. The Balaban J connectivity index is 0.00000441. The van der Waals surface area contributed by atoms with Gasteiger partial charge in [0.05, 0.1) is 6.61 Å². The van der Waals surface area contributed by atoms with Crippen LogP contribution in [0.15, 0.2) is 41.9 Å². The van der Waals surface area contributed by atoms with Crippen LogP contribution in [0.3, 0.4) is 0 Å². The number of methoxy groups -OCH3 is 1. The van der Waals surface area contributed by atoms with Gasteiger partial charge in [0.1, 0.15) is 0 Å². The monoisotopic (exact) mass is 417 g/mol. The second-order valence-electron chi connectivity index (χ2n) is 5.01. The Hall–Kier alpha value is -1.08. The molecular formula is C17H28IN3O. The van der Waals surface area contributed by atoms with Crippen molar-refractivity contribution >= 4 is 29.9 Å². The number of nitrogens with one attached hydrogen (secondary N) is 1. The van der Waals surface area contributed by atoms with Gasteiger partial charge in [-0.15, -0.1) is 30.6 Å². The third-order valence-corrected chi connectivity index (χ3v) is 3.23. The van der Waals surface area contributed by atoms with E-state index < -0.39 is 0 Å². The number of benzene rings is 1. The molecule has 0 aliphatic heterocycles. The molecule has 1 aromatic rings. The third-order valence-electron chi connectivity index (χ3n) is 3.23. The van der Waals surface area contributed by atoms with Gasteiger partial charge in [0, 0.05) is 34.3 Å². The molecule has 0 fully saturated rings. The summed E-state index contributed by atoms with van der Waals surface area (Å²) >= 11 is 0. The zero-order valence-electron chi connectivity index (χ0n) is 13.8. The van der Waals surface area contributed by atoms with Crippen molar-refractivity contribution < 1.29 is 4.74 Å². The minimum atomic E-state index is 0. The van der Waals surface area contributed by atoms with Crippen molar-refractivity contribution in [2.24, 2.45) is 4.99 Å². The number of guanidine groups is 1. The molecule has 0 aliphatic carbocycles. The predicted molar refractivity (Wildman–Crippen MR) is 105 cm³/mol. The molecule has 0 saturated carbocycles. The van der Waals surface area contributed by atoms with Gasteiger partial charge in [-0.05, 0) is 24.0 Å². The summed E-state index contributed by atoms with van der Waals surface area (Å²) in [5, 5.41) is 3.39. The van der Waals surface area contributed by atoms with Gasteiger partial charge in [0.15, 0.2) is 5.96 Å². The Labute approximate surface area is 151 Å². The SMILES string of the molecule is C=CCCCN(C)C(=NC)NCc1cccc(COC)c1.I. The van der Waals surface area contributed by atoms with E-state index in [0.717, 1.165) is 31.9 Å². The predicted octanol–water partition coefficient (Wildman–Crippen LogP) is 3.42. The van der Waals surface area contributed by atoms with Crippen molar-refractivity contribution in [1.29, 1.82) is 0 Å². The number of halogens is 1. The standard InChI is InChI=1S/C17H27N3O.HI/c1-5-6-7-11-20(3)17(18-2)19-13-15-9-8-10-16(12-15)14-21-4;/h5,8-10,12H,1,6-7,11,13-14H2,2-4H3,(H,18,19);1H. The highest BCUT2D eigenvalue weighted by Crippen LogP contribution is 2.06. The van der Waals surface area contributed by atoms with Crippen LogP contribution in [0, 0.1) is 0 Å². The first-order valence-corrected chi connectivity index (χ1v) is 7.30. The lowest BCUT2D eigenvalue weighted by atomic mass is 10.1. The Morgan fingerprint density at radius 2 is 2.14 bits per heavy atom. The molecule has 1 rings (SSSR count). The molecular weight excluding hydrogens is 389 g/mol. The summed E-state index contributed by atoms with van der Waals surface area (Å²) in [5.41, 5.74) is 2.41. The lowest BCUT2D eigenvalue weighted by Gasteiger charge is -2.22. The Morgan fingerprint density at radius 1 is 1.41 bits per heavy atom. The average Bonchev–Trinajstić information content (AvgIpc) is 2.49. The number of rotatable bonds is 8. The first kappa shape index (κ1) is 20.9. The minimum absolute atomic E-state index is 0. The van der Waals surface area contributed by atoms with Crippen molar-refractivity contribution in [3.8, 4) is 0 Å². The van der Waals surface area contributed by atoms with E-state index >= 15 is 0 Å². The fourth-order valence-corrected chi connectivity index (χ4v) is 2.14. The molecule has 5 heteroatoms. The Kier molecular flexibility index (Phi) is 11.9. The van der Waals surface area contributed by atoms with Gasteiger partial charge in [-0.3, -0.25) is 4.99 Å². The fourth-order valence-electron chi connectivity index (χ4n) is 2.14. The van der Waals surface area contributed by atoms with E-state index in [-0.39, 0.29) is 24.0 Å².